The van der Waals surface area contributed by atoms with Gasteiger partial charge in [0.2, 0.25) is 6.10 Å². The van der Waals surface area contributed by atoms with Crippen molar-refractivity contribution in [2.45, 2.75) is 13.0 Å². The second-order valence-electron chi connectivity index (χ2n) is 4.60. The summed E-state index contributed by atoms with van der Waals surface area (Å²) in [4.78, 5) is 37.2. The fourth-order valence-corrected chi connectivity index (χ4v) is 1.81. The first-order valence-corrected chi connectivity index (χ1v) is 6.33. The number of aromatic amines is 1. The number of ketones is 1. The van der Waals surface area contributed by atoms with Gasteiger partial charge in [0.05, 0.1) is 0 Å². The number of halogens is 1. The number of carbonyl (C=O) groups excluding carboxylic acids is 3. The minimum atomic E-state index is -1.35. The van der Waals surface area contributed by atoms with Crippen molar-refractivity contribution in [1.82, 2.24) is 4.98 Å². The van der Waals surface area contributed by atoms with Gasteiger partial charge in [-0.2, -0.15) is 0 Å². The Labute approximate surface area is 125 Å². The number of amides is 1. The summed E-state index contributed by atoms with van der Waals surface area (Å²) in [5.74, 6) is -2.45. The van der Waals surface area contributed by atoms with Crippen LogP contribution >= 0.6 is 0 Å². The molecular formula is C15H13FN2O4. The standard InChI is InChI=1S/C15H13FN2O4/c1-8(19)10-6-12(18-7-10)15(21)22-13(14(17)20)9-2-4-11(16)5-3-9/h2-7,13,18H,1H3,(H2,17,20). The molecule has 6 nitrogen and oxygen atoms in total. The van der Waals surface area contributed by atoms with Crippen molar-refractivity contribution in [2.24, 2.45) is 5.73 Å². The molecule has 0 saturated heterocycles. The molecule has 1 aromatic heterocycles. The number of nitrogens with one attached hydrogen (secondary N) is 1. The summed E-state index contributed by atoms with van der Waals surface area (Å²) in [7, 11) is 0. The van der Waals surface area contributed by atoms with E-state index in [-0.39, 0.29) is 17.0 Å². The van der Waals surface area contributed by atoms with Crippen molar-refractivity contribution in [3.8, 4) is 0 Å². The molecule has 1 unspecified atom stereocenters. The fourth-order valence-electron chi connectivity index (χ4n) is 1.81. The van der Waals surface area contributed by atoms with Crippen LogP contribution in [0.3, 0.4) is 0 Å². The van der Waals surface area contributed by atoms with Crippen molar-refractivity contribution < 1.29 is 23.5 Å². The third-order valence-electron chi connectivity index (χ3n) is 2.97. The molecule has 1 heterocycles. The molecule has 2 aromatic rings. The molecule has 0 radical (unpaired) electrons. The average molecular weight is 304 g/mol. The third kappa shape index (κ3) is 3.38. The SMILES string of the molecule is CC(=O)c1c[nH]c(C(=O)OC(C(N)=O)c2ccc(F)cc2)c1. The van der Waals surface area contributed by atoms with Gasteiger partial charge in [0.15, 0.2) is 5.78 Å². The molecule has 0 fully saturated rings. The number of H-pyrrole nitrogens is 1. The van der Waals surface area contributed by atoms with Crippen molar-refractivity contribution in [2.75, 3.05) is 0 Å². The quantitative estimate of drug-likeness (QED) is 0.648. The second kappa shape index (κ2) is 6.21. The summed E-state index contributed by atoms with van der Waals surface area (Å²) in [6.07, 6.45) is 0.00740. The second-order valence-corrected chi connectivity index (χ2v) is 4.60. The van der Waals surface area contributed by atoms with E-state index in [0.717, 1.165) is 12.1 Å². The molecule has 0 spiro atoms. The number of aromatic nitrogens is 1. The van der Waals surface area contributed by atoms with E-state index in [0.29, 0.717) is 5.56 Å². The maximum absolute atomic E-state index is 12.9. The molecule has 0 aliphatic heterocycles. The number of carbonyl (C=O) groups is 3. The van der Waals surface area contributed by atoms with Crippen molar-refractivity contribution >= 4 is 17.7 Å². The number of esters is 1. The number of hydrogen-bond donors (Lipinski definition) is 2. The highest BCUT2D eigenvalue weighted by atomic mass is 19.1. The van der Waals surface area contributed by atoms with Crippen LogP contribution in [0.5, 0.6) is 0 Å². The van der Waals surface area contributed by atoms with E-state index < -0.39 is 23.8 Å². The summed E-state index contributed by atoms with van der Waals surface area (Å²) in [5.41, 5.74) is 5.79. The van der Waals surface area contributed by atoms with Gasteiger partial charge in [0.25, 0.3) is 5.91 Å². The molecule has 0 aliphatic rings. The number of nitrogens with two attached hydrogens (primary N) is 1. The number of primary amides is 1. The number of hydrogen-bond acceptors (Lipinski definition) is 4. The molecule has 0 bridgehead atoms. The minimum Gasteiger partial charge on any atom is -0.443 e. The minimum absolute atomic E-state index is 0.0126. The van der Waals surface area contributed by atoms with E-state index in [9.17, 15) is 18.8 Å². The number of Topliss-reactive ketones (excluding diaryl/α,β-unsaturated/α-hetero) is 1. The lowest BCUT2D eigenvalue weighted by molar-refractivity contribution is -0.127. The first-order valence-electron chi connectivity index (χ1n) is 6.33. The van der Waals surface area contributed by atoms with Crippen LogP contribution in [-0.2, 0) is 9.53 Å². The Morgan fingerprint density at radius 2 is 1.86 bits per heavy atom. The Bertz CT molecular complexity index is 721. The molecule has 1 aromatic carbocycles. The number of ether oxygens (including phenoxy) is 1. The zero-order chi connectivity index (χ0) is 16.3. The first kappa shape index (κ1) is 15.4. The highest BCUT2D eigenvalue weighted by Gasteiger charge is 2.24. The van der Waals surface area contributed by atoms with Crippen LogP contribution in [-0.4, -0.2) is 22.6 Å². The van der Waals surface area contributed by atoms with E-state index in [4.69, 9.17) is 10.5 Å². The average Bonchev–Trinajstić information content (AvgIpc) is 2.95. The Balaban J connectivity index is 2.20. The normalized spacial score (nSPS) is 11.7. The number of rotatable bonds is 5. The van der Waals surface area contributed by atoms with Gasteiger partial charge in [0.1, 0.15) is 11.5 Å². The molecular weight excluding hydrogens is 291 g/mol. The highest BCUT2D eigenvalue weighted by Crippen LogP contribution is 2.19. The molecule has 3 N–H and O–H groups in total. The Hall–Kier alpha value is -2.96. The lowest BCUT2D eigenvalue weighted by Gasteiger charge is -2.14. The fraction of sp³-hybridized carbons (Fsp3) is 0.133. The molecule has 0 aliphatic carbocycles. The van der Waals surface area contributed by atoms with Gasteiger partial charge in [-0.1, -0.05) is 12.1 Å². The van der Waals surface area contributed by atoms with Crippen LogP contribution in [0.25, 0.3) is 0 Å². The molecule has 1 atom stereocenters. The van der Waals surface area contributed by atoms with Crippen LogP contribution in [0.15, 0.2) is 36.5 Å². The van der Waals surface area contributed by atoms with Gasteiger partial charge in [-0.3, -0.25) is 9.59 Å². The molecule has 0 saturated carbocycles. The smallest absolute Gasteiger partial charge is 0.355 e. The highest BCUT2D eigenvalue weighted by molar-refractivity contribution is 5.98. The zero-order valence-corrected chi connectivity index (χ0v) is 11.6. The van der Waals surface area contributed by atoms with E-state index in [1.165, 1.54) is 31.3 Å². The molecule has 1 amide bonds. The Kier molecular flexibility index (Phi) is 4.36. The largest absolute Gasteiger partial charge is 0.443 e. The van der Waals surface area contributed by atoms with E-state index in [1.807, 2.05) is 0 Å². The first-order chi connectivity index (χ1) is 10.4. The van der Waals surface area contributed by atoms with Gasteiger partial charge < -0.3 is 15.5 Å². The van der Waals surface area contributed by atoms with Gasteiger partial charge in [-0.05, 0) is 25.1 Å². The van der Waals surface area contributed by atoms with Gasteiger partial charge in [0, 0.05) is 17.3 Å². The molecule has 7 heteroatoms. The molecule has 114 valence electrons. The summed E-state index contributed by atoms with van der Waals surface area (Å²) >= 11 is 0. The summed E-state index contributed by atoms with van der Waals surface area (Å²) in [6.45, 7) is 1.35. The predicted octanol–water partition coefficient (Wildman–Crippen LogP) is 1.74. The monoisotopic (exact) mass is 304 g/mol. The van der Waals surface area contributed by atoms with Crippen LogP contribution in [0, 0.1) is 5.82 Å². The van der Waals surface area contributed by atoms with E-state index >= 15 is 0 Å². The Morgan fingerprint density at radius 3 is 2.36 bits per heavy atom. The van der Waals surface area contributed by atoms with Gasteiger partial charge >= 0.3 is 5.97 Å². The van der Waals surface area contributed by atoms with Crippen molar-refractivity contribution in [1.29, 1.82) is 0 Å². The Morgan fingerprint density at radius 1 is 1.23 bits per heavy atom. The zero-order valence-electron chi connectivity index (χ0n) is 11.6. The summed E-state index contributed by atoms with van der Waals surface area (Å²) < 4.78 is 17.9. The molecule has 22 heavy (non-hydrogen) atoms. The third-order valence-corrected chi connectivity index (χ3v) is 2.97. The lowest BCUT2D eigenvalue weighted by Crippen LogP contribution is -2.26. The maximum Gasteiger partial charge on any atom is 0.355 e. The van der Waals surface area contributed by atoms with Crippen LogP contribution in [0.4, 0.5) is 4.39 Å². The van der Waals surface area contributed by atoms with E-state index in [2.05, 4.69) is 4.98 Å². The predicted molar refractivity (Wildman–Crippen MR) is 74.5 cm³/mol. The summed E-state index contributed by atoms with van der Waals surface area (Å²) in [6, 6.07) is 6.16. The van der Waals surface area contributed by atoms with Gasteiger partial charge in [-0.15, -0.1) is 0 Å². The lowest BCUT2D eigenvalue weighted by atomic mass is 10.1. The topological polar surface area (TPSA) is 102 Å². The van der Waals surface area contributed by atoms with E-state index in [1.54, 1.807) is 0 Å². The maximum atomic E-state index is 12.9. The number of benzene rings is 1. The van der Waals surface area contributed by atoms with Crippen molar-refractivity contribution in [3.05, 3.63) is 59.2 Å². The summed E-state index contributed by atoms with van der Waals surface area (Å²) in [5, 5.41) is 0. The van der Waals surface area contributed by atoms with Crippen LogP contribution in [0.1, 0.15) is 39.4 Å². The van der Waals surface area contributed by atoms with Gasteiger partial charge in [-0.25, -0.2) is 9.18 Å². The van der Waals surface area contributed by atoms with Crippen molar-refractivity contribution in [3.63, 3.8) is 0 Å². The van der Waals surface area contributed by atoms with Crippen LogP contribution < -0.4 is 5.73 Å². The van der Waals surface area contributed by atoms with Crippen LogP contribution in [0.2, 0.25) is 0 Å². The molecule has 2 rings (SSSR count).